The van der Waals surface area contributed by atoms with Gasteiger partial charge in [-0.3, -0.25) is 10.2 Å². The molecular weight excluding hydrogens is 262 g/mol. The van der Waals surface area contributed by atoms with Crippen LogP contribution in [0.2, 0.25) is 0 Å². The molecule has 0 saturated heterocycles. The molecule has 0 aliphatic carbocycles. The molecule has 0 aliphatic rings. The Morgan fingerprint density at radius 2 is 1.80 bits per heavy atom. The third kappa shape index (κ3) is 3.00. The highest BCUT2D eigenvalue weighted by Gasteiger charge is 2.10. The second-order valence-electron chi connectivity index (χ2n) is 4.16. The first-order valence-corrected chi connectivity index (χ1v) is 6.21. The van der Waals surface area contributed by atoms with Gasteiger partial charge in [-0.2, -0.15) is 0 Å². The lowest BCUT2D eigenvalue weighted by atomic mass is 10.0. The van der Waals surface area contributed by atoms with Crippen molar-refractivity contribution in [2.45, 2.75) is 6.92 Å². The summed E-state index contributed by atoms with van der Waals surface area (Å²) in [4.78, 5) is 11.7. The van der Waals surface area contributed by atoms with Gasteiger partial charge in [-0.05, 0) is 23.8 Å². The summed E-state index contributed by atoms with van der Waals surface area (Å²) in [5.41, 5.74) is 6.33. The average molecular weight is 276 g/mol. The lowest BCUT2D eigenvalue weighted by molar-refractivity contribution is 0.0934. The van der Waals surface area contributed by atoms with Gasteiger partial charge < -0.3 is 0 Å². The summed E-state index contributed by atoms with van der Waals surface area (Å²) in [7, 11) is 0. The van der Waals surface area contributed by atoms with E-state index in [0.29, 0.717) is 17.7 Å². The van der Waals surface area contributed by atoms with Crippen molar-refractivity contribution < 1.29 is 13.6 Å². The lowest BCUT2D eigenvalue weighted by Crippen LogP contribution is -2.36. The molecule has 2 aromatic rings. The first kappa shape index (κ1) is 14.1. The van der Waals surface area contributed by atoms with E-state index in [0.717, 1.165) is 6.07 Å². The van der Waals surface area contributed by atoms with E-state index < -0.39 is 11.6 Å². The minimum atomic E-state index is -0.892. The van der Waals surface area contributed by atoms with Gasteiger partial charge in [0.2, 0.25) is 0 Å². The van der Waals surface area contributed by atoms with Crippen molar-refractivity contribution in [2.24, 2.45) is 0 Å². The zero-order chi connectivity index (χ0) is 14.5. The molecule has 0 aliphatic heterocycles. The zero-order valence-electron chi connectivity index (χ0n) is 10.9. The highest BCUT2D eigenvalue weighted by atomic mass is 19.2. The fourth-order valence-corrected chi connectivity index (χ4v) is 1.77. The van der Waals surface area contributed by atoms with Crippen LogP contribution in [-0.2, 0) is 0 Å². The van der Waals surface area contributed by atoms with Crippen molar-refractivity contribution in [3.05, 3.63) is 59.7 Å². The summed E-state index contributed by atoms with van der Waals surface area (Å²) in [6, 6.07) is 10.3. The van der Waals surface area contributed by atoms with Crippen LogP contribution in [0.3, 0.4) is 0 Å². The van der Waals surface area contributed by atoms with Gasteiger partial charge in [-0.25, -0.2) is 14.2 Å². The Balaban J connectivity index is 2.24. The van der Waals surface area contributed by atoms with Gasteiger partial charge in [-0.1, -0.05) is 31.2 Å². The Bertz CT molecular complexity index is 612. The molecule has 2 aromatic carbocycles. The average Bonchev–Trinajstić information content (AvgIpc) is 2.48. The van der Waals surface area contributed by atoms with E-state index >= 15 is 0 Å². The van der Waals surface area contributed by atoms with Gasteiger partial charge in [-0.15, -0.1) is 0 Å². The molecular formula is C15H14F2N2O. The van der Waals surface area contributed by atoms with E-state index in [9.17, 15) is 13.6 Å². The summed E-state index contributed by atoms with van der Waals surface area (Å²) >= 11 is 0. The second kappa shape index (κ2) is 6.25. The van der Waals surface area contributed by atoms with Gasteiger partial charge in [0.15, 0.2) is 11.6 Å². The van der Waals surface area contributed by atoms with E-state index in [-0.39, 0.29) is 11.5 Å². The van der Waals surface area contributed by atoms with E-state index in [1.54, 1.807) is 24.3 Å². The number of hydrazine groups is 1. The third-order valence-electron chi connectivity index (χ3n) is 2.79. The molecule has 0 heterocycles. The second-order valence-corrected chi connectivity index (χ2v) is 4.16. The Morgan fingerprint density at radius 1 is 1.10 bits per heavy atom. The Hall–Kier alpha value is -2.27. The summed E-state index contributed by atoms with van der Waals surface area (Å²) < 4.78 is 26.8. The fourth-order valence-electron chi connectivity index (χ4n) is 1.77. The summed E-state index contributed by atoms with van der Waals surface area (Å²) in [6.45, 7) is 2.47. The molecule has 0 spiro atoms. The van der Waals surface area contributed by atoms with Crippen molar-refractivity contribution in [1.82, 2.24) is 10.9 Å². The molecule has 0 radical (unpaired) electrons. The van der Waals surface area contributed by atoms with Crippen molar-refractivity contribution >= 4 is 5.91 Å². The Morgan fingerprint density at radius 3 is 2.45 bits per heavy atom. The Labute approximate surface area is 115 Å². The van der Waals surface area contributed by atoms with Gasteiger partial charge in [0.25, 0.3) is 5.91 Å². The number of hydrogen-bond donors (Lipinski definition) is 2. The number of nitrogens with one attached hydrogen (secondary N) is 2. The van der Waals surface area contributed by atoms with E-state index in [2.05, 4.69) is 10.9 Å². The first-order valence-electron chi connectivity index (χ1n) is 6.21. The SMILES string of the molecule is CCNNC(=O)c1ccc(-c2cccc(F)c2F)cc1. The topological polar surface area (TPSA) is 41.1 Å². The minimum absolute atomic E-state index is 0.170. The zero-order valence-corrected chi connectivity index (χ0v) is 10.9. The van der Waals surface area contributed by atoms with Crippen LogP contribution >= 0.6 is 0 Å². The summed E-state index contributed by atoms with van der Waals surface area (Å²) in [5, 5.41) is 0. The van der Waals surface area contributed by atoms with E-state index in [1.807, 2.05) is 6.92 Å². The highest BCUT2D eigenvalue weighted by Crippen LogP contribution is 2.24. The highest BCUT2D eigenvalue weighted by molar-refractivity contribution is 5.94. The van der Waals surface area contributed by atoms with E-state index in [4.69, 9.17) is 0 Å². The quantitative estimate of drug-likeness (QED) is 0.843. The number of carbonyl (C=O) groups excluding carboxylic acids is 1. The molecule has 0 fully saturated rings. The molecule has 20 heavy (non-hydrogen) atoms. The number of rotatable bonds is 4. The standard InChI is InChI=1S/C15H14F2N2O/c1-2-18-19-15(20)11-8-6-10(7-9-11)12-4-3-5-13(16)14(12)17/h3-9,18H,2H2,1H3,(H,19,20). The molecule has 2 rings (SSSR count). The summed E-state index contributed by atoms with van der Waals surface area (Å²) in [6.07, 6.45) is 0. The van der Waals surface area contributed by atoms with Crippen LogP contribution in [0.5, 0.6) is 0 Å². The first-order chi connectivity index (χ1) is 9.63. The monoisotopic (exact) mass is 276 g/mol. The van der Waals surface area contributed by atoms with Crippen LogP contribution in [0.15, 0.2) is 42.5 Å². The third-order valence-corrected chi connectivity index (χ3v) is 2.79. The van der Waals surface area contributed by atoms with Crippen LogP contribution in [0.4, 0.5) is 8.78 Å². The largest absolute Gasteiger partial charge is 0.287 e. The van der Waals surface area contributed by atoms with E-state index in [1.165, 1.54) is 12.1 Å². The smallest absolute Gasteiger partial charge is 0.265 e. The lowest BCUT2D eigenvalue weighted by Gasteiger charge is -2.07. The van der Waals surface area contributed by atoms with Crippen LogP contribution < -0.4 is 10.9 Å². The van der Waals surface area contributed by atoms with Crippen molar-refractivity contribution in [1.29, 1.82) is 0 Å². The van der Waals surface area contributed by atoms with Gasteiger partial charge in [0, 0.05) is 17.7 Å². The number of carbonyl (C=O) groups is 1. The number of benzene rings is 2. The molecule has 0 aromatic heterocycles. The number of hydrogen-bond acceptors (Lipinski definition) is 2. The van der Waals surface area contributed by atoms with Gasteiger partial charge >= 0.3 is 0 Å². The number of halogens is 2. The minimum Gasteiger partial charge on any atom is -0.287 e. The Kier molecular flexibility index (Phi) is 4.42. The molecule has 1 amide bonds. The van der Waals surface area contributed by atoms with Gasteiger partial charge in [0.1, 0.15) is 0 Å². The molecule has 0 unspecified atom stereocenters. The van der Waals surface area contributed by atoms with Crippen LogP contribution in [-0.4, -0.2) is 12.5 Å². The molecule has 5 heteroatoms. The van der Waals surface area contributed by atoms with Crippen LogP contribution in [0.1, 0.15) is 17.3 Å². The normalized spacial score (nSPS) is 10.3. The number of amides is 1. The van der Waals surface area contributed by atoms with Gasteiger partial charge in [0.05, 0.1) is 0 Å². The predicted octanol–water partition coefficient (Wildman–Crippen LogP) is 2.89. The molecule has 0 bridgehead atoms. The van der Waals surface area contributed by atoms with Crippen LogP contribution in [0, 0.1) is 11.6 Å². The van der Waals surface area contributed by atoms with Crippen molar-refractivity contribution in [3.8, 4) is 11.1 Å². The predicted molar refractivity (Wildman–Crippen MR) is 72.9 cm³/mol. The maximum Gasteiger partial charge on any atom is 0.265 e. The molecule has 0 saturated carbocycles. The molecule has 0 atom stereocenters. The maximum atomic E-state index is 13.6. The molecule has 2 N–H and O–H groups in total. The molecule has 104 valence electrons. The van der Waals surface area contributed by atoms with Crippen molar-refractivity contribution in [3.63, 3.8) is 0 Å². The summed E-state index contributed by atoms with van der Waals surface area (Å²) in [5.74, 6) is -2.06. The fraction of sp³-hybridized carbons (Fsp3) is 0.133. The van der Waals surface area contributed by atoms with Crippen LogP contribution in [0.25, 0.3) is 11.1 Å². The molecule has 3 nitrogen and oxygen atoms in total. The maximum absolute atomic E-state index is 13.6. The van der Waals surface area contributed by atoms with Crippen molar-refractivity contribution in [2.75, 3.05) is 6.54 Å².